The Kier molecular flexibility index (Phi) is 3.37. The molecule has 0 aliphatic carbocycles. The Labute approximate surface area is 107 Å². The van der Waals surface area contributed by atoms with Crippen LogP contribution in [0.1, 0.15) is 18.5 Å². The van der Waals surface area contributed by atoms with E-state index in [0.29, 0.717) is 16.7 Å². The van der Waals surface area contributed by atoms with Crippen LogP contribution < -0.4 is 11.1 Å². The van der Waals surface area contributed by atoms with Gasteiger partial charge in [-0.15, -0.1) is 0 Å². The summed E-state index contributed by atoms with van der Waals surface area (Å²) >= 11 is 0. The molecule has 0 fully saturated rings. The number of H-pyrrole nitrogens is 1. The number of carbonyl (C=O) groups excluding carboxylic acids is 2. The molecule has 0 aliphatic rings. The number of methoxy groups -OCH3 is 1. The zero-order valence-electron chi connectivity index (χ0n) is 10.4. The fraction of sp³-hybridized carbons (Fsp3) is 0.250. The van der Waals surface area contributed by atoms with Gasteiger partial charge in [-0.1, -0.05) is 6.07 Å². The van der Waals surface area contributed by atoms with Gasteiger partial charge in [0.25, 0.3) is 0 Å². The van der Waals surface area contributed by atoms with E-state index in [-0.39, 0.29) is 5.91 Å². The molecular weight excluding hydrogens is 252 g/mol. The van der Waals surface area contributed by atoms with Crippen molar-refractivity contribution in [1.82, 2.24) is 10.3 Å². The van der Waals surface area contributed by atoms with E-state index >= 15 is 0 Å². The molecule has 0 aliphatic heterocycles. The van der Waals surface area contributed by atoms with E-state index in [2.05, 4.69) is 15.0 Å². The fourth-order valence-electron chi connectivity index (χ4n) is 1.74. The average Bonchev–Trinajstić information content (AvgIpc) is 2.73. The third kappa shape index (κ3) is 2.65. The number of hydrogen-bond donors (Lipinski definition) is 2. The molecule has 0 saturated heterocycles. The fourth-order valence-corrected chi connectivity index (χ4v) is 1.74. The number of fused-ring (bicyclic) bond motifs is 1. The molecule has 2 aromatic rings. The molecule has 2 rings (SSSR count). The summed E-state index contributed by atoms with van der Waals surface area (Å²) < 4.78 is 9.53. The van der Waals surface area contributed by atoms with Crippen molar-refractivity contribution in [3.8, 4) is 0 Å². The number of oxazole rings is 1. The summed E-state index contributed by atoms with van der Waals surface area (Å²) in [5.74, 6) is -1.56. The molecule has 1 atom stereocenters. The highest BCUT2D eigenvalue weighted by molar-refractivity contribution is 5.85. The lowest BCUT2D eigenvalue weighted by molar-refractivity contribution is -0.145. The summed E-state index contributed by atoms with van der Waals surface area (Å²) in [4.78, 5) is 36.3. The van der Waals surface area contributed by atoms with Crippen molar-refractivity contribution in [2.24, 2.45) is 0 Å². The second kappa shape index (κ2) is 4.97. The minimum absolute atomic E-state index is 0.307. The molecule has 1 aromatic carbocycles. The summed E-state index contributed by atoms with van der Waals surface area (Å²) in [6.45, 7) is 1.30. The van der Waals surface area contributed by atoms with Gasteiger partial charge in [0.05, 0.1) is 12.6 Å². The lowest BCUT2D eigenvalue weighted by Gasteiger charge is -2.15. The molecule has 0 spiro atoms. The monoisotopic (exact) mass is 264 g/mol. The molecule has 7 heteroatoms. The highest BCUT2D eigenvalue weighted by Gasteiger charge is 2.23. The summed E-state index contributed by atoms with van der Waals surface area (Å²) in [6.07, 6.45) is 0. The van der Waals surface area contributed by atoms with Gasteiger partial charge in [0.15, 0.2) is 11.6 Å². The quantitative estimate of drug-likeness (QED) is 0.785. The predicted octanol–water partition coefficient (Wildman–Crippen LogP) is 0.471. The Morgan fingerprint density at radius 1 is 1.42 bits per heavy atom. The molecule has 1 amide bonds. The zero-order valence-corrected chi connectivity index (χ0v) is 10.4. The molecule has 100 valence electrons. The smallest absolute Gasteiger partial charge is 0.417 e. The number of carbonyl (C=O) groups is 2. The number of nitrogens with one attached hydrogen (secondary N) is 2. The molecule has 1 unspecified atom stereocenters. The van der Waals surface area contributed by atoms with Gasteiger partial charge in [-0.05, 0) is 17.7 Å². The van der Waals surface area contributed by atoms with Gasteiger partial charge in [-0.25, -0.2) is 9.59 Å². The molecule has 19 heavy (non-hydrogen) atoms. The van der Waals surface area contributed by atoms with Gasteiger partial charge in [0.1, 0.15) is 0 Å². The van der Waals surface area contributed by atoms with Crippen LogP contribution in [0.25, 0.3) is 11.1 Å². The first kappa shape index (κ1) is 12.9. The van der Waals surface area contributed by atoms with Crippen LogP contribution in [0.3, 0.4) is 0 Å². The Bertz CT molecular complexity index is 685. The second-order valence-corrected chi connectivity index (χ2v) is 3.93. The Morgan fingerprint density at radius 2 is 2.16 bits per heavy atom. The lowest BCUT2D eigenvalue weighted by Crippen LogP contribution is -2.32. The van der Waals surface area contributed by atoms with E-state index in [9.17, 15) is 14.4 Å². The van der Waals surface area contributed by atoms with Crippen LogP contribution in [0.4, 0.5) is 0 Å². The number of esters is 1. The largest absolute Gasteiger partial charge is 0.467 e. The third-order valence-corrected chi connectivity index (χ3v) is 2.56. The van der Waals surface area contributed by atoms with Crippen molar-refractivity contribution in [1.29, 1.82) is 0 Å². The first-order valence-electron chi connectivity index (χ1n) is 5.49. The number of ether oxygens (including phenoxy) is 1. The van der Waals surface area contributed by atoms with Crippen molar-refractivity contribution >= 4 is 23.0 Å². The molecule has 2 N–H and O–H groups in total. The number of amides is 1. The first-order chi connectivity index (χ1) is 9.01. The average molecular weight is 264 g/mol. The maximum Gasteiger partial charge on any atom is 0.417 e. The van der Waals surface area contributed by atoms with Crippen LogP contribution in [0.15, 0.2) is 27.4 Å². The standard InChI is InChI=1S/C12H12N2O5/c1-6(15)13-10(11(16)18-2)7-3-4-8-9(5-7)19-12(17)14-8/h3-5,10H,1-2H3,(H,13,15)(H,14,17). The molecule has 0 saturated carbocycles. The van der Waals surface area contributed by atoms with Crippen molar-refractivity contribution in [2.45, 2.75) is 13.0 Å². The predicted molar refractivity (Wildman–Crippen MR) is 65.4 cm³/mol. The van der Waals surface area contributed by atoms with Gasteiger partial charge in [-0.2, -0.15) is 0 Å². The summed E-state index contributed by atoms with van der Waals surface area (Å²) in [5.41, 5.74) is 1.29. The molecular formula is C12H12N2O5. The van der Waals surface area contributed by atoms with Crippen molar-refractivity contribution in [3.63, 3.8) is 0 Å². The normalized spacial score (nSPS) is 12.1. The molecule has 1 aromatic heterocycles. The van der Waals surface area contributed by atoms with Gasteiger partial charge in [0.2, 0.25) is 5.91 Å². The van der Waals surface area contributed by atoms with E-state index < -0.39 is 17.8 Å². The van der Waals surface area contributed by atoms with Crippen LogP contribution in [0, 0.1) is 0 Å². The zero-order chi connectivity index (χ0) is 14.0. The first-order valence-corrected chi connectivity index (χ1v) is 5.49. The number of rotatable bonds is 3. The molecule has 1 heterocycles. The minimum atomic E-state index is -0.938. The molecule has 7 nitrogen and oxygen atoms in total. The molecule has 0 radical (unpaired) electrons. The minimum Gasteiger partial charge on any atom is -0.467 e. The number of benzene rings is 1. The van der Waals surface area contributed by atoms with E-state index in [1.165, 1.54) is 20.1 Å². The second-order valence-electron chi connectivity index (χ2n) is 3.93. The highest BCUT2D eigenvalue weighted by Crippen LogP contribution is 2.19. The van der Waals surface area contributed by atoms with Crippen molar-refractivity contribution < 1.29 is 18.7 Å². The van der Waals surface area contributed by atoms with Gasteiger partial charge in [-0.3, -0.25) is 9.78 Å². The summed E-state index contributed by atoms with van der Waals surface area (Å²) in [5, 5.41) is 2.47. The Hall–Kier alpha value is -2.57. The van der Waals surface area contributed by atoms with Crippen molar-refractivity contribution in [2.75, 3.05) is 7.11 Å². The maximum atomic E-state index is 11.7. The number of hydrogen-bond acceptors (Lipinski definition) is 5. The lowest BCUT2D eigenvalue weighted by atomic mass is 10.1. The highest BCUT2D eigenvalue weighted by atomic mass is 16.5. The Morgan fingerprint density at radius 3 is 2.79 bits per heavy atom. The van der Waals surface area contributed by atoms with E-state index in [1.807, 2.05) is 0 Å². The topological polar surface area (TPSA) is 101 Å². The van der Waals surface area contributed by atoms with E-state index in [0.717, 1.165) is 0 Å². The van der Waals surface area contributed by atoms with Crippen LogP contribution in [-0.4, -0.2) is 24.0 Å². The van der Waals surface area contributed by atoms with Crippen LogP contribution in [0.2, 0.25) is 0 Å². The summed E-state index contributed by atoms with van der Waals surface area (Å²) in [6, 6.07) is 3.76. The molecule has 0 bridgehead atoms. The Balaban J connectivity index is 2.45. The van der Waals surface area contributed by atoms with Crippen LogP contribution in [-0.2, 0) is 14.3 Å². The van der Waals surface area contributed by atoms with Crippen LogP contribution >= 0.6 is 0 Å². The number of aromatic nitrogens is 1. The van der Waals surface area contributed by atoms with Crippen molar-refractivity contribution in [3.05, 3.63) is 34.3 Å². The van der Waals surface area contributed by atoms with Gasteiger partial charge in [0, 0.05) is 6.92 Å². The third-order valence-electron chi connectivity index (χ3n) is 2.56. The van der Waals surface area contributed by atoms with Gasteiger partial charge >= 0.3 is 11.7 Å². The van der Waals surface area contributed by atoms with Gasteiger partial charge < -0.3 is 14.5 Å². The summed E-state index contributed by atoms with van der Waals surface area (Å²) in [7, 11) is 1.23. The van der Waals surface area contributed by atoms with E-state index in [1.54, 1.807) is 12.1 Å². The number of aromatic amines is 1. The SMILES string of the molecule is COC(=O)C(NC(C)=O)c1ccc2[nH]c(=O)oc2c1. The maximum absolute atomic E-state index is 11.7. The van der Waals surface area contributed by atoms with Crippen LogP contribution in [0.5, 0.6) is 0 Å². The van der Waals surface area contributed by atoms with E-state index in [4.69, 9.17) is 4.42 Å².